The normalized spacial score (nSPS) is 10.5. The highest BCUT2D eigenvalue weighted by atomic mass is 16.5. The largest absolute Gasteiger partial charge is 0.492 e. The molecule has 1 rings (SSSR count). The number of hydrogen-bond donors (Lipinski definition) is 1. The Morgan fingerprint density at radius 1 is 0.944 bits per heavy atom. The summed E-state index contributed by atoms with van der Waals surface area (Å²) >= 11 is 0. The molecule has 0 radical (unpaired) electrons. The molecule has 0 saturated carbocycles. The number of nitrogens with one attached hydrogen (secondary N) is 1. The van der Waals surface area contributed by atoms with Gasteiger partial charge in [-0.2, -0.15) is 0 Å². The first-order valence-corrected chi connectivity index (χ1v) is 6.38. The Morgan fingerprint density at radius 3 is 2.50 bits per heavy atom. The van der Waals surface area contributed by atoms with Crippen LogP contribution in [0.25, 0.3) is 0 Å². The van der Waals surface area contributed by atoms with E-state index in [9.17, 15) is 0 Å². The molecular formula is C14H23NO3. The van der Waals surface area contributed by atoms with Crippen molar-refractivity contribution in [2.24, 2.45) is 0 Å². The molecule has 0 heterocycles. The predicted octanol–water partition coefficient (Wildman–Crippen LogP) is 1.71. The fourth-order valence-corrected chi connectivity index (χ4v) is 1.43. The van der Waals surface area contributed by atoms with Crippen LogP contribution >= 0.6 is 0 Å². The van der Waals surface area contributed by atoms with Crippen LogP contribution in [-0.2, 0) is 9.47 Å². The summed E-state index contributed by atoms with van der Waals surface area (Å²) in [5.41, 5.74) is 0. The summed E-state index contributed by atoms with van der Waals surface area (Å²) in [5.74, 6) is 0.912. The van der Waals surface area contributed by atoms with Gasteiger partial charge in [0.1, 0.15) is 12.4 Å². The molecule has 102 valence electrons. The number of ether oxygens (including phenoxy) is 3. The van der Waals surface area contributed by atoms with Gasteiger partial charge < -0.3 is 19.5 Å². The van der Waals surface area contributed by atoms with Crippen molar-refractivity contribution in [2.45, 2.75) is 6.42 Å². The maximum Gasteiger partial charge on any atom is 0.119 e. The fraction of sp³-hybridized carbons (Fsp3) is 0.571. The van der Waals surface area contributed by atoms with E-state index in [1.165, 1.54) is 0 Å². The molecule has 0 aromatic heterocycles. The quantitative estimate of drug-likeness (QED) is 0.609. The van der Waals surface area contributed by atoms with Gasteiger partial charge in [0, 0.05) is 33.4 Å². The van der Waals surface area contributed by atoms with E-state index in [1.807, 2.05) is 30.3 Å². The fourth-order valence-electron chi connectivity index (χ4n) is 1.43. The van der Waals surface area contributed by atoms with E-state index in [2.05, 4.69) is 5.32 Å². The van der Waals surface area contributed by atoms with Gasteiger partial charge in [-0.05, 0) is 18.6 Å². The molecule has 0 unspecified atom stereocenters. The van der Waals surface area contributed by atoms with Crippen molar-refractivity contribution in [3.8, 4) is 5.75 Å². The van der Waals surface area contributed by atoms with Gasteiger partial charge in [-0.25, -0.2) is 0 Å². The Kier molecular flexibility index (Phi) is 9.16. The molecule has 1 aromatic rings. The first-order chi connectivity index (χ1) is 8.93. The highest BCUT2D eigenvalue weighted by Gasteiger charge is 1.92. The van der Waals surface area contributed by atoms with Crippen LogP contribution in [0.5, 0.6) is 5.75 Å². The molecule has 0 amide bonds. The summed E-state index contributed by atoms with van der Waals surface area (Å²) in [4.78, 5) is 0. The molecule has 0 aliphatic rings. The van der Waals surface area contributed by atoms with Crippen molar-refractivity contribution in [3.05, 3.63) is 30.3 Å². The molecule has 0 spiro atoms. The third-order valence-electron chi connectivity index (χ3n) is 2.35. The number of methoxy groups -OCH3 is 1. The standard InChI is InChI=1S/C14H23NO3/c1-16-10-5-11-17-12-8-15-9-13-18-14-6-3-2-4-7-14/h2-4,6-7,15H,5,8-13H2,1H3. The SMILES string of the molecule is COCCCOCCNCCOc1ccccc1. The van der Waals surface area contributed by atoms with Crippen LogP contribution in [0.2, 0.25) is 0 Å². The highest BCUT2D eigenvalue weighted by Crippen LogP contribution is 2.07. The zero-order chi connectivity index (χ0) is 12.9. The van der Waals surface area contributed by atoms with Crippen LogP contribution in [0.1, 0.15) is 6.42 Å². The van der Waals surface area contributed by atoms with Crippen LogP contribution in [0, 0.1) is 0 Å². The van der Waals surface area contributed by atoms with Gasteiger partial charge >= 0.3 is 0 Å². The maximum atomic E-state index is 5.55. The molecule has 1 N–H and O–H groups in total. The summed E-state index contributed by atoms with van der Waals surface area (Å²) < 4.78 is 15.9. The third-order valence-corrected chi connectivity index (χ3v) is 2.35. The molecule has 0 aliphatic heterocycles. The summed E-state index contributed by atoms with van der Waals surface area (Å²) in [6, 6.07) is 9.83. The lowest BCUT2D eigenvalue weighted by atomic mass is 10.3. The molecule has 0 bridgehead atoms. The van der Waals surface area contributed by atoms with Crippen LogP contribution < -0.4 is 10.1 Å². The summed E-state index contributed by atoms with van der Waals surface area (Å²) in [5, 5.41) is 3.27. The van der Waals surface area contributed by atoms with Crippen molar-refractivity contribution >= 4 is 0 Å². The van der Waals surface area contributed by atoms with Crippen molar-refractivity contribution in [2.75, 3.05) is 46.6 Å². The first kappa shape index (κ1) is 15.0. The number of para-hydroxylation sites is 1. The van der Waals surface area contributed by atoms with Gasteiger partial charge in [-0.3, -0.25) is 0 Å². The average molecular weight is 253 g/mol. The molecule has 4 nitrogen and oxygen atoms in total. The van der Waals surface area contributed by atoms with Crippen LogP contribution in [0.3, 0.4) is 0 Å². The molecule has 4 heteroatoms. The highest BCUT2D eigenvalue weighted by molar-refractivity contribution is 5.20. The van der Waals surface area contributed by atoms with E-state index in [0.29, 0.717) is 6.61 Å². The Morgan fingerprint density at radius 2 is 1.72 bits per heavy atom. The molecule has 1 aromatic carbocycles. The minimum absolute atomic E-state index is 0.674. The van der Waals surface area contributed by atoms with Crippen LogP contribution in [-0.4, -0.2) is 46.6 Å². The van der Waals surface area contributed by atoms with Crippen molar-refractivity contribution < 1.29 is 14.2 Å². The number of benzene rings is 1. The summed E-state index contributed by atoms with van der Waals surface area (Å²) in [6.45, 7) is 4.61. The Bertz CT molecular complexity index is 280. The van der Waals surface area contributed by atoms with Gasteiger partial charge in [-0.1, -0.05) is 18.2 Å². The van der Waals surface area contributed by atoms with E-state index in [0.717, 1.165) is 45.1 Å². The average Bonchev–Trinajstić information content (AvgIpc) is 2.42. The molecule has 0 fully saturated rings. The zero-order valence-electron chi connectivity index (χ0n) is 11.1. The van der Waals surface area contributed by atoms with E-state index in [4.69, 9.17) is 14.2 Å². The van der Waals surface area contributed by atoms with Crippen molar-refractivity contribution in [1.82, 2.24) is 5.32 Å². The molecular weight excluding hydrogens is 230 g/mol. The van der Waals surface area contributed by atoms with E-state index in [-0.39, 0.29) is 0 Å². The van der Waals surface area contributed by atoms with E-state index < -0.39 is 0 Å². The van der Waals surface area contributed by atoms with Gasteiger partial charge in [0.15, 0.2) is 0 Å². The van der Waals surface area contributed by atoms with Gasteiger partial charge in [-0.15, -0.1) is 0 Å². The van der Waals surface area contributed by atoms with Crippen molar-refractivity contribution in [1.29, 1.82) is 0 Å². The van der Waals surface area contributed by atoms with Gasteiger partial charge in [0.25, 0.3) is 0 Å². The van der Waals surface area contributed by atoms with E-state index in [1.54, 1.807) is 7.11 Å². The minimum atomic E-state index is 0.674. The molecule has 0 atom stereocenters. The van der Waals surface area contributed by atoms with Gasteiger partial charge in [0.2, 0.25) is 0 Å². The number of hydrogen-bond acceptors (Lipinski definition) is 4. The van der Waals surface area contributed by atoms with Crippen LogP contribution in [0.15, 0.2) is 30.3 Å². The summed E-state index contributed by atoms with van der Waals surface area (Å²) in [7, 11) is 1.70. The first-order valence-electron chi connectivity index (χ1n) is 6.38. The Labute approximate surface area is 109 Å². The van der Waals surface area contributed by atoms with Gasteiger partial charge in [0.05, 0.1) is 6.61 Å². The summed E-state index contributed by atoms with van der Waals surface area (Å²) in [6.07, 6.45) is 0.952. The number of rotatable bonds is 11. The smallest absolute Gasteiger partial charge is 0.119 e. The lowest BCUT2D eigenvalue weighted by Gasteiger charge is -2.08. The predicted molar refractivity (Wildman–Crippen MR) is 72.1 cm³/mol. The monoisotopic (exact) mass is 253 g/mol. The minimum Gasteiger partial charge on any atom is -0.492 e. The van der Waals surface area contributed by atoms with E-state index >= 15 is 0 Å². The topological polar surface area (TPSA) is 39.7 Å². The lowest BCUT2D eigenvalue weighted by Crippen LogP contribution is -2.25. The second-order valence-corrected chi connectivity index (χ2v) is 3.87. The molecule has 0 saturated heterocycles. The molecule has 18 heavy (non-hydrogen) atoms. The Hall–Kier alpha value is -1.10. The second-order valence-electron chi connectivity index (χ2n) is 3.87. The zero-order valence-corrected chi connectivity index (χ0v) is 11.1. The lowest BCUT2D eigenvalue weighted by molar-refractivity contribution is 0.104. The van der Waals surface area contributed by atoms with Crippen molar-refractivity contribution in [3.63, 3.8) is 0 Å². The third kappa shape index (κ3) is 8.06. The second kappa shape index (κ2) is 11.0. The maximum absolute atomic E-state index is 5.55. The van der Waals surface area contributed by atoms with Crippen LogP contribution in [0.4, 0.5) is 0 Å². The Balaban J connectivity index is 1.82. The molecule has 0 aliphatic carbocycles.